The SMILES string of the molecule is CC(=O)N[C@@H](COC(=O)CCC/C=C\C[C@@H]1[C@@H](/C=C/[C@@H](O)COc2cccc(C(F)(F)F)c2)[C@H](O)C[C@@H]1O)C(=O)OCC(=O)[C@@]12CC[C@H]3[C@@H]4CCC5=CC(O)CC[C@]5(C)C4=CC[C@@]31O2. The number of Topliss-reactive ketones (excluding diaryl/α,β-unsaturated/α-hetero) is 1. The Hall–Kier alpha value is -4.35. The number of epoxide rings is 1. The maximum atomic E-state index is 13.7. The highest BCUT2D eigenvalue weighted by Crippen LogP contribution is 2.72. The first-order chi connectivity index (χ1) is 30.4. The molecule has 350 valence electrons. The number of ketones is 1. The lowest BCUT2D eigenvalue weighted by atomic mass is 9.54. The number of halogens is 3. The minimum absolute atomic E-state index is 0.000220. The average Bonchev–Trinajstić information content (AvgIpc) is 3.64. The number of ether oxygens (including phenoxy) is 4. The van der Waals surface area contributed by atoms with Crippen molar-refractivity contribution in [3.8, 4) is 5.75 Å². The van der Waals surface area contributed by atoms with Crippen molar-refractivity contribution in [1.82, 2.24) is 5.32 Å². The normalized spacial score (nSPS) is 33.8. The Kier molecular flexibility index (Phi) is 14.3. The molecule has 1 spiro atoms. The number of aliphatic hydroxyl groups is 4. The Morgan fingerprint density at radius 2 is 1.83 bits per heavy atom. The summed E-state index contributed by atoms with van der Waals surface area (Å²) in [6, 6.07) is 2.98. The first-order valence-electron chi connectivity index (χ1n) is 22.5. The first-order valence-corrected chi connectivity index (χ1v) is 22.5. The number of nitrogens with one attached hydrogen (secondary N) is 1. The van der Waals surface area contributed by atoms with E-state index in [1.54, 1.807) is 6.08 Å². The number of alkyl halides is 3. The average molecular weight is 900 g/mol. The topological polar surface area (TPSA) is 201 Å². The standard InChI is InChI=1S/C48H60F3NO12/c1-28(53)52-39(44(60)63-27-42(58)47-21-18-38-36-14-12-29-22-31(54)16-19-45(29,2)37(36)17-20-46(38,47)64-47)26-62-43(59)11-6-4-3-5-10-34-35(41(57)24-40(34)56)15-13-32(55)25-61-33-9-7-8-30(23-33)48(49,50)51/h3,5,7-9,13,15,17,22-23,31-32,34-36,38-41,54-57H,4,6,10-12,14,16,18-21,24-27H2,1-2H3,(H,52,53)/b5-3-,15-13+/t31?,32-,34-,35-,36-,38+,39+,40+,41-,45+,46-,47+/m1/s1. The van der Waals surface area contributed by atoms with E-state index in [1.165, 1.54) is 36.3 Å². The van der Waals surface area contributed by atoms with E-state index in [1.807, 2.05) is 18.2 Å². The zero-order chi connectivity index (χ0) is 46.0. The van der Waals surface area contributed by atoms with E-state index in [-0.39, 0.29) is 54.1 Å². The van der Waals surface area contributed by atoms with Crippen LogP contribution in [0.1, 0.15) is 96.5 Å². The maximum absolute atomic E-state index is 13.7. The zero-order valence-corrected chi connectivity index (χ0v) is 36.3. The lowest BCUT2D eigenvalue weighted by molar-refractivity contribution is -0.156. The van der Waals surface area contributed by atoms with Crippen LogP contribution >= 0.6 is 0 Å². The second-order valence-electron chi connectivity index (χ2n) is 18.6. The number of esters is 2. The van der Waals surface area contributed by atoms with Crippen molar-refractivity contribution in [3.05, 3.63) is 77.4 Å². The van der Waals surface area contributed by atoms with Gasteiger partial charge in [-0.1, -0.05) is 60.6 Å². The summed E-state index contributed by atoms with van der Waals surface area (Å²) in [5.74, 6) is -2.86. The lowest BCUT2D eigenvalue weighted by Gasteiger charge is -2.51. The van der Waals surface area contributed by atoms with Gasteiger partial charge < -0.3 is 44.7 Å². The number of carbonyl (C=O) groups excluding carboxylic acids is 4. The van der Waals surface area contributed by atoms with E-state index in [9.17, 15) is 52.8 Å². The Balaban J connectivity index is 0.822. The van der Waals surface area contributed by atoms with Gasteiger partial charge in [0.25, 0.3) is 0 Å². The quantitative estimate of drug-likeness (QED) is 0.0546. The number of hydrogen-bond acceptors (Lipinski definition) is 12. The molecule has 13 nitrogen and oxygen atoms in total. The second-order valence-corrected chi connectivity index (χ2v) is 18.6. The summed E-state index contributed by atoms with van der Waals surface area (Å²) in [7, 11) is 0. The fourth-order valence-corrected chi connectivity index (χ4v) is 11.3. The summed E-state index contributed by atoms with van der Waals surface area (Å²) in [5.41, 5.74) is 0.0959. The number of allylic oxidation sites excluding steroid dienone is 4. The molecule has 1 aromatic carbocycles. The van der Waals surface area contributed by atoms with Crippen molar-refractivity contribution in [2.75, 3.05) is 19.8 Å². The van der Waals surface area contributed by atoms with Crippen LogP contribution in [0, 0.1) is 29.1 Å². The second kappa shape index (κ2) is 19.2. The van der Waals surface area contributed by atoms with Gasteiger partial charge in [-0.25, -0.2) is 4.79 Å². The molecule has 1 heterocycles. The third-order valence-corrected chi connectivity index (χ3v) is 14.6. The fourth-order valence-electron chi connectivity index (χ4n) is 11.3. The maximum Gasteiger partial charge on any atom is 0.416 e. The van der Waals surface area contributed by atoms with Crippen molar-refractivity contribution in [2.24, 2.45) is 29.1 Å². The monoisotopic (exact) mass is 899 g/mol. The van der Waals surface area contributed by atoms with Gasteiger partial charge in [-0.2, -0.15) is 13.2 Å². The van der Waals surface area contributed by atoms with E-state index < -0.39 is 90.4 Å². The molecule has 6 aliphatic rings. The van der Waals surface area contributed by atoms with Gasteiger partial charge >= 0.3 is 18.1 Å². The summed E-state index contributed by atoms with van der Waals surface area (Å²) in [6.45, 7) is 2.14. The van der Waals surface area contributed by atoms with Crippen LogP contribution in [-0.2, 0) is 39.6 Å². The summed E-state index contributed by atoms with van der Waals surface area (Å²) in [4.78, 5) is 51.4. The van der Waals surface area contributed by atoms with Gasteiger partial charge in [-0.3, -0.25) is 14.4 Å². The smallest absolute Gasteiger partial charge is 0.416 e. The molecule has 5 aliphatic carbocycles. The van der Waals surface area contributed by atoms with Gasteiger partial charge in [0.2, 0.25) is 11.7 Å². The number of fused-ring (bicyclic) bond motifs is 4. The predicted molar refractivity (Wildman–Crippen MR) is 224 cm³/mol. The van der Waals surface area contributed by atoms with Gasteiger partial charge in [-0.05, 0) is 100 Å². The molecule has 4 fully saturated rings. The number of amides is 1. The number of aliphatic hydroxyl groups excluding tert-OH is 4. The van der Waals surface area contributed by atoms with Crippen molar-refractivity contribution in [1.29, 1.82) is 0 Å². The molecule has 16 heteroatoms. The Bertz CT molecular complexity index is 2050. The van der Waals surface area contributed by atoms with Crippen LogP contribution in [0.2, 0.25) is 0 Å². The molecule has 1 saturated heterocycles. The predicted octanol–water partition coefficient (Wildman–Crippen LogP) is 5.38. The van der Waals surface area contributed by atoms with Crippen molar-refractivity contribution in [2.45, 2.75) is 139 Å². The molecule has 5 N–H and O–H groups in total. The van der Waals surface area contributed by atoms with Crippen LogP contribution in [0.15, 0.2) is 71.9 Å². The molecule has 12 atom stereocenters. The highest BCUT2D eigenvalue weighted by Gasteiger charge is 2.81. The van der Waals surface area contributed by atoms with Gasteiger partial charge in [0.1, 0.15) is 30.7 Å². The largest absolute Gasteiger partial charge is 0.491 e. The number of rotatable bonds is 18. The molecule has 3 saturated carbocycles. The first kappa shape index (κ1) is 47.6. The molecule has 1 aliphatic heterocycles. The summed E-state index contributed by atoms with van der Waals surface area (Å²) in [6.07, 6.45) is 9.87. The number of hydrogen-bond donors (Lipinski definition) is 5. The lowest BCUT2D eigenvalue weighted by Crippen LogP contribution is -2.46. The van der Waals surface area contributed by atoms with E-state index in [0.29, 0.717) is 32.1 Å². The van der Waals surface area contributed by atoms with Crippen LogP contribution in [0.4, 0.5) is 13.2 Å². The van der Waals surface area contributed by atoms with Gasteiger partial charge in [0, 0.05) is 31.1 Å². The fraction of sp³-hybridized carbons (Fsp3) is 0.625. The van der Waals surface area contributed by atoms with Crippen LogP contribution < -0.4 is 10.1 Å². The molecule has 64 heavy (non-hydrogen) atoms. The minimum atomic E-state index is -4.54. The Morgan fingerprint density at radius 1 is 1.03 bits per heavy atom. The number of unbranched alkanes of at least 4 members (excludes halogenated alkanes) is 1. The molecule has 7 rings (SSSR count). The highest BCUT2D eigenvalue weighted by molar-refractivity contribution is 5.95. The van der Waals surface area contributed by atoms with Crippen LogP contribution in [0.25, 0.3) is 0 Å². The third kappa shape index (κ3) is 9.91. The van der Waals surface area contributed by atoms with E-state index in [2.05, 4.69) is 18.3 Å². The molecule has 0 radical (unpaired) electrons. The zero-order valence-electron chi connectivity index (χ0n) is 36.3. The molecular weight excluding hydrogens is 840 g/mol. The van der Waals surface area contributed by atoms with Crippen LogP contribution in [0.5, 0.6) is 5.75 Å². The van der Waals surface area contributed by atoms with Crippen molar-refractivity contribution in [3.63, 3.8) is 0 Å². The molecule has 0 aromatic heterocycles. The van der Waals surface area contributed by atoms with Crippen molar-refractivity contribution < 1.29 is 71.7 Å². The van der Waals surface area contributed by atoms with Gasteiger partial charge in [0.05, 0.1) is 23.9 Å². The third-order valence-electron chi connectivity index (χ3n) is 14.6. The summed E-state index contributed by atoms with van der Waals surface area (Å²) < 4.78 is 61.4. The van der Waals surface area contributed by atoms with Gasteiger partial charge in [0.15, 0.2) is 18.2 Å². The van der Waals surface area contributed by atoms with E-state index in [0.717, 1.165) is 44.2 Å². The molecular formula is C48H60F3NO12. The van der Waals surface area contributed by atoms with Crippen molar-refractivity contribution >= 4 is 23.6 Å². The van der Waals surface area contributed by atoms with E-state index >= 15 is 0 Å². The highest BCUT2D eigenvalue weighted by atomic mass is 19.4. The van der Waals surface area contributed by atoms with Crippen LogP contribution in [0.3, 0.4) is 0 Å². The summed E-state index contributed by atoms with van der Waals surface area (Å²) in [5, 5.41) is 44.2. The molecule has 1 amide bonds. The van der Waals surface area contributed by atoms with Crippen LogP contribution in [-0.4, -0.2) is 106 Å². The summed E-state index contributed by atoms with van der Waals surface area (Å²) >= 11 is 0. The molecule has 1 aromatic rings. The number of carbonyl (C=O) groups is 4. The van der Waals surface area contributed by atoms with Gasteiger partial charge in [-0.15, -0.1) is 0 Å². The minimum Gasteiger partial charge on any atom is -0.491 e. The molecule has 0 bridgehead atoms. The Labute approximate surface area is 370 Å². The Morgan fingerprint density at radius 3 is 2.59 bits per heavy atom. The number of benzene rings is 1. The van der Waals surface area contributed by atoms with E-state index in [4.69, 9.17) is 18.9 Å². The molecule has 1 unspecified atom stereocenters.